The monoisotopic (exact) mass is 338 g/mol. The zero-order valence-corrected chi connectivity index (χ0v) is 13.1. The lowest BCUT2D eigenvalue weighted by Crippen LogP contribution is -2.24. The molecule has 126 valence electrons. The first kappa shape index (κ1) is 15.1. The lowest BCUT2D eigenvalue weighted by atomic mass is 10.1. The summed E-state index contributed by atoms with van der Waals surface area (Å²) in [7, 11) is 0. The van der Waals surface area contributed by atoms with Crippen molar-refractivity contribution in [2.75, 3.05) is 16.8 Å². The molecule has 2 aromatic heterocycles. The van der Waals surface area contributed by atoms with E-state index in [-0.39, 0.29) is 30.0 Å². The van der Waals surface area contributed by atoms with Gasteiger partial charge in [-0.15, -0.1) is 5.10 Å². The number of furan rings is 1. The summed E-state index contributed by atoms with van der Waals surface area (Å²) in [6, 6.07) is 12.5. The Labute approximate surface area is 142 Å². The van der Waals surface area contributed by atoms with Crippen molar-refractivity contribution < 1.29 is 18.4 Å². The van der Waals surface area contributed by atoms with Gasteiger partial charge in [-0.25, -0.2) is 0 Å². The number of benzene rings is 1. The molecule has 1 atom stereocenters. The van der Waals surface area contributed by atoms with Gasteiger partial charge in [-0.3, -0.25) is 14.9 Å². The molecule has 1 unspecified atom stereocenters. The summed E-state index contributed by atoms with van der Waals surface area (Å²) in [6.07, 6.45) is 1.68. The quantitative estimate of drug-likeness (QED) is 0.784. The minimum atomic E-state index is -0.478. The van der Waals surface area contributed by atoms with Crippen LogP contribution in [0.3, 0.4) is 0 Å². The Morgan fingerprint density at radius 3 is 2.76 bits per heavy atom. The van der Waals surface area contributed by atoms with Gasteiger partial charge in [0.1, 0.15) is 0 Å². The zero-order valence-electron chi connectivity index (χ0n) is 13.1. The molecule has 4 rings (SSSR count). The van der Waals surface area contributed by atoms with Crippen molar-refractivity contribution in [1.29, 1.82) is 0 Å². The molecule has 2 amide bonds. The number of nitrogens with zero attached hydrogens (tertiary/aromatic N) is 3. The summed E-state index contributed by atoms with van der Waals surface area (Å²) >= 11 is 0. The van der Waals surface area contributed by atoms with Gasteiger partial charge in [-0.1, -0.05) is 23.3 Å². The van der Waals surface area contributed by atoms with Crippen LogP contribution in [-0.2, 0) is 4.79 Å². The number of carbonyl (C=O) groups excluding carboxylic acids is 2. The second-order valence-corrected chi connectivity index (χ2v) is 5.62. The van der Waals surface area contributed by atoms with Crippen LogP contribution in [0.1, 0.15) is 28.8 Å². The number of aromatic nitrogens is 2. The maximum absolute atomic E-state index is 12.3. The van der Waals surface area contributed by atoms with Crippen molar-refractivity contribution >= 4 is 23.5 Å². The fourth-order valence-electron chi connectivity index (χ4n) is 2.75. The third kappa shape index (κ3) is 3.01. The molecule has 1 aromatic carbocycles. The predicted molar refractivity (Wildman–Crippen MR) is 87.1 cm³/mol. The van der Waals surface area contributed by atoms with E-state index in [1.54, 1.807) is 11.0 Å². The normalized spacial score (nSPS) is 17.0. The standard InChI is InChI=1S/C17H14N4O4/c22-14-9-11(10-21(14)12-5-2-1-3-6-12)16-19-20-17(25-16)18-15(23)13-7-4-8-24-13/h1-8,11H,9-10H2,(H,18,20,23). The maximum atomic E-state index is 12.3. The average molecular weight is 338 g/mol. The Balaban J connectivity index is 1.46. The van der Waals surface area contributed by atoms with Crippen LogP contribution in [-0.4, -0.2) is 28.6 Å². The molecule has 3 heterocycles. The highest BCUT2D eigenvalue weighted by molar-refractivity contribution is 6.00. The first-order valence-electron chi connectivity index (χ1n) is 7.74. The van der Waals surface area contributed by atoms with Crippen LogP contribution >= 0.6 is 0 Å². The van der Waals surface area contributed by atoms with Gasteiger partial charge in [-0.05, 0) is 24.3 Å². The number of nitrogens with one attached hydrogen (secondary N) is 1. The Morgan fingerprint density at radius 2 is 2.00 bits per heavy atom. The minimum absolute atomic E-state index is 0.00410. The highest BCUT2D eigenvalue weighted by Gasteiger charge is 2.35. The largest absolute Gasteiger partial charge is 0.459 e. The van der Waals surface area contributed by atoms with Crippen LogP contribution in [0.4, 0.5) is 11.7 Å². The fraction of sp³-hybridized carbons (Fsp3) is 0.176. The smallest absolute Gasteiger partial charge is 0.322 e. The van der Waals surface area contributed by atoms with Crippen LogP contribution in [0, 0.1) is 0 Å². The van der Waals surface area contributed by atoms with Crippen LogP contribution in [0.15, 0.2) is 57.6 Å². The molecule has 1 aliphatic rings. The highest BCUT2D eigenvalue weighted by Crippen LogP contribution is 2.31. The number of para-hydroxylation sites is 1. The third-order valence-electron chi connectivity index (χ3n) is 3.95. The number of carbonyl (C=O) groups is 2. The van der Waals surface area contributed by atoms with Gasteiger partial charge >= 0.3 is 6.01 Å². The lowest BCUT2D eigenvalue weighted by molar-refractivity contribution is -0.117. The van der Waals surface area contributed by atoms with E-state index in [4.69, 9.17) is 8.83 Å². The van der Waals surface area contributed by atoms with Crippen molar-refractivity contribution in [2.24, 2.45) is 0 Å². The van der Waals surface area contributed by atoms with Crippen molar-refractivity contribution in [3.05, 3.63) is 60.4 Å². The minimum Gasteiger partial charge on any atom is -0.459 e. The molecule has 25 heavy (non-hydrogen) atoms. The molecule has 1 N–H and O–H groups in total. The van der Waals surface area contributed by atoms with Gasteiger partial charge in [0.05, 0.1) is 12.2 Å². The van der Waals surface area contributed by atoms with Gasteiger partial charge in [-0.2, -0.15) is 0 Å². The Morgan fingerprint density at radius 1 is 1.16 bits per heavy atom. The number of rotatable bonds is 4. The maximum Gasteiger partial charge on any atom is 0.322 e. The second kappa shape index (κ2) is 6.23. The predicted octanol–water partition coefficient (Wildman–Crippen LogP) is 2.44. The number of hydrogen-bond acceptors (Lipinski definition) is 6. The molecule has 8 nitrogen and oxygen atoms in total. The van der Waals surface area contributed by atoms with Crippen molar-refractivity contribution in [1.82, 2.24) is 10.2 Å². The van der Waals surface area contributed by atoms with Crippen LogP contribution in [0.2, 0.25) is 0 Å². The lowest BCUT2D eigenvalue weighted by Gasteiger charge is -2.15. The molecule has 0 aliphatic carbocycles. The summed E-state index contributed by atoms with van der Waals surface area (Å²) < 4.78 is 10.5. The van der Waals surface area contributed by atoms with E-state index in [2.05, 4.69) is 15.5 Å². The van der Waals surface area contributed by atoms with Crippen molar-refractivity contribution in [2.45, 2.75) is 12.3 Å². The molecular formula is C17H14N4O4. The first-order valence-corrected chi connectivity index (χ1v) is 7.74. The van der Waals surface area contributed by atoms with Gasteiger partial charge in [0.2, 0.25) is 11.8 Å². The van der Waals surface area contributed by atoms with Crippen molar-refractivity contribution in [3.63, 3.8) is 0 Å². The summed E-state index contributed by atoms with van der Waals surface area (Å²) in [5, 5.41) is 10.2. The van der Waals surface area contributed by atoms with Gasteiger partial charge in [0.25, 0.3) is 5.91 Å². The van der Waals surface area contributed by atoms with Gasteiger partial charge < -0.3 is 13.7 Å². The molecule has 0 radical (unpaired) electrons. The number of anilines is 2. The van der Waals surface area contributed by atoms with E-state index in [0.29, 0.717) is 12.4 Å². The number of hydrogen-bond donors (Lipinski definition) is 1. The summed E-state index contributed by atoms with van der Waals surface area (Å²) in [5.41, 5.74) is 0.834. The van der Waals surface area contributed by atoms with Crippen LogP contribution < -0.4 is 10.2 Å². The van der Waals surface area contributed by atoms with E-state index in [9.17, 15) is 9.59 Å². The third-order valence-corrected chi connectivity index (χ3v) is 3.95. The fourth-order valence-corrected chi connectivity index (χ4v) is 2.75. The van der Waals surface area contributed by atoms with E-state index < -0.39 is 5.91 Å². The first-order chi connectivity index (χ1) is 12.2. The van der Waals surface area contributed by atoms with Crippen LogP contribution in [0.25, 0.3) is 0 Å². The molecule has 0 bridgehead atoms. The molecule has 3 aromatic rings. The number of amides is 2. The molecule has 0 spiro atoms. The second-order valence-electron chi connectivity index (χ2n) is 5.62. The molecule has 1 aliphatic heterocycles. The van der Waals surface area contributed by atoms with Gasteiger partial charge in [0, 0.05) is 18.7 Å². The molecule has 1 saturated heterocycles. The average Bonchev–Trinajstić information content (AvgIpc) is 3.36. The van der Waals surface area contributed by atoms with E-state index in [0.717, 1.165) is 5.69 Å². The van der Waals surface area contributed by atoms with Gasteiger partial charge in [0.15, 0.2) is 5.76 Å². The van der Waals surface area contributed by atoms with E-state index >= 15 is 0 Å². The SMILES string of the molecule is O=C(Nc1nnc(C2CC(=O)N(c3ccccc3)C2)o1)c1ccco1. The topological polar surface area (TPSA) is 101 Å². The Bertz CT molecular complexity index is 889. The summed E-state index contributed by atoms with van der Waals surface area (Å²) in [5.74, 6) is -0.230. The molecule has 0 saturated carbocycles. The molecule has 1 fully saturated rings. The Hall–Kier alpha value is -3.42. The molecular weight excluding hydrogens is 324 g/mol. The van der Waals surface area contributed by atoms with Crippen LogP contribution in [0.5, 0.6) is 0 Å². The zero-order chi connectivity index (χ0) is 17.2. The van der Waals surface area contributed by atoms with E-state index in [1.165, 1.54) is 12.3 Å². The summed E-state index contributed by atoms with van der Waals surface area (Å²) in [4.78, 5) is 25.8. The van der Waals surface area contributed by atoms with E-state index in [1.807, 2.05) is 30.3 Å². The molecule has 8 heteroatoms. The summed E-state index contributed by atoms with van der Waals surface area (Å²) in [6.45, 7) is 0.455. The van der Waals surface area contributed by atoms with Crippen molar-refractivity contribution in [3.8, 4) is 0 Å². The highest BCUT2D eigenvalue weighted by atomic mass is 16.4. The Kier molecular flexibility index (Phi) is 3.77.